The maximum absolute atomic E-state index is 11.1. The number of aryl methyl sites for hydroxylation is 1. The summed E-state index contributed by atoms with van der Waals surface area (Å²) in [6.07, 6.45) is 1.35. The summed E-state index contributed by atoms with van der Waals surface area (Å²) in [6.45, 7) is 1.56. The maximum Gasteiger partial charge on any atom is 0.170 e. The van der Waals surface area contributed by atoms with Gasteiger partial charge in [-0.3, -0.25) is 4.79 Å². The topological polar surface area (TPSA) is 52.3 Å². The SMILES string of the molecule is CC(=O)C1CCc2cc(N)ccc2O1. The Morgan fingerprint density at radius 2 is 2.36 bits per heavy atom. The van der Waals surface area contributed by atoms with Gasteiger partial charge in [0.25, 0.3) is 0 Å². The zero-order chi connectivity index (χ0) is 10.1. The van der Waals surface area contributed by atoms with E-state index in [2.05, 4.69) is 0 Å². The van der Waals surface area contributed by atoms with Crippen LogP contribution in [0.1, 0.15) is 18.9 Å². The predicted octanol–water partition coefficient (Wildman–Crippen LogP) is 1.55. The first-order chi connectivity index (χ1) is 6.66. The molecule has 3 heteroatoms. The average Bonchev–Trinajstić information content (AvgIpc) is 2.16. The van der Waals surface area contributed by atoms with Crippen LogP contribution in [-0.2, 0) is 11.2 Å². The standard InChI is InChI=1S/C11H13NO2/c1-7(13)10-4-2-8-6-9(12)3-5-11(8)14-10/h3,5-6,10H,2,4,12H2,1H3. The molecule has 1 atom stereocenters. The highest BCUT2D eigenvalue weighted by atomic mass is 16.5. The van der Waals surface area contributed by atoms with Crippen molar-refractivity contribution in [1.29, 1.82) is 0 Å². The van der Waals surface area contributed by atoms with Crippen LogP contribution in [0.3, 0.4) is 0 Å². The lowest BCUT2D eigenvalue weighted by molar-refractivity contribution is -0.124. The van der Waals surface area contributed by atoms with E-state index < -0.39 is 0 Å². The fraction of sp³-hybridized carbons (Fsp3) is 0.364. The van der Waals surface area contributed by atoms with Crippen molar-refractivity contribution < 1.29 is 9.53 Å². The molecule has 0 fully saturated rings. The molecular weight excluding hydrogens is 178 g/mol. The van der Waals surface area contributed by atoms with Gasteiger partial charge in [-0.1, -0.05) is 0 Å². The summed E-state index contributed by atoms with van der Waals surface area (Å²) in [5.41, 5.74) is 7.50. The number of carbonyl (C=O) groups is 1. The summed E-state index contributed by atoms with van der Waals surface area (Å²) in [7, 11) is 0. The van der Waals surface area contributed by atoms with E-state index in [9.17, 15) is 4.79 Å². The van der Waals surface area contributed by atoms with Crippen LogP contribution in [0.4, 0.5) is 5.69 Å². The third-order valence-corrected chi connectivity index (χ3v) is 2.48. The Balaban J connectivity index is 2.27. The molecule has 1 heterocycles. The summed E-state index contributed by atoms with van der Waals surface area (Å²) in [6, 6.07) is 5.53. The van der Waals surface area contributed by atoms with Crippen molar-refractivity contribution in [3.8, 4) is 5.75 Å². The number of Topliss-reactive ketones (excluding diaryl/α,β-unsaturated/α-hetero) is 1. The van der Waals surface area contributed by atoms with E-state index in [0.717, 1.165) is 29.8 Å². The fourth-order valence-electron chi connectivity index (χ4n) is 1.69. The van der Waals surface area contributed by atoms with Crippen LogP contribution in [0.5, 0.6) is 5.75 Å². The van der Waals surface area contributed by atoms with E-state index in [1.165, 1.54) is 0 Å². The van der Waals surface area contributed by atoms with Crippen LogP contribution in [-0.4, -0.2) is 11.9 Å². The highest BCUT2D eigenvalue weighted by Gasteiger charge is 2.22. The van der Waals surface area contributed by atoms with Gasteiger partial charge in [0, 0.05) is 5.69 Å². The Labute approximate surface area is 82.9 Å². The number of ether oxygens (including phenoxy) is 1. The molecule has 1 unspecified atom stereocenters. The molecule has 0 aromatic heterocycles. The van der Waals surface area contributed by atoms with E-state index in [1.54, 1.807) is 13.0 Å². The number of nitrogens with two attached hydrogens (primary N) is 1. The van der Waals surface area contributed by atoms with Crippen molar-refractivity contribution in [2.45, 2.75) is 25.9 Å². The summed E-state index contributed by atoms with van der Waals surface area (Å²) < 4.78 is 5.54. The summed E-state index contributed by atoms with van der Waals surface area (Å²) in [5.74, 6) is 0.887. The van der Waals surface area contributed by atoms with E-state index in [-0.39, 0.29) is 11.9 Å². The molecule has 3 nitrogen and oxygen atoms in total. The van der Waals surface area contributed by atoms with Gasteiger partial charge < -0.3 is 10.5 Å². The second-order valence-corrected chi connectivity index (χ2v) is 3.62. The van der Waals surface area contributed by atoms with Gasteiger partial charge in [0.2, 0.25) is 0 Å². The van der Waals surface area contributed by atoms with E-state index in [4.69, 9.17) is 10.5 Å². The second-order valence-electron chi connectivity index (χ2n) is 3.62. The van der Waals surface area contributed by atoms with Crippen molar-refractivity contribution in [1.82, 2.24) is 0 Å². The Morgan fingerprint density at radius 1 is 1.57 bits per heavy atom. The van der Waals surface area contributed by atoms with Crippen molar-refractivity contribution in [3.63, 3.8) is 0 Å². The largest absolute Gasteiger partial charge is 0.482 e. The van der Waals surface area contributed by atoms with Crippen LogP contribution in [0.25, 0.3) is 0 Å². The molecule has 0 aliphatic carbocycles. The van der Waals surface area contributed by atoms with Crippen molar-refractivity contribution in [2.75, 3.05) is 5.73 Å². The third-order valence-electron chi connectivity index (χ3n) is 2.48. The van der Waals surface area contributed by atoms with E-state index >= 15 is 0 Å². The molecule has 0 spiro atoms. The highest BCUT2D eigenvalue weighted by molar-refractivity contribution is 5.81. The number of nitrogen functional groups attached to an aromatic ring is 1. The minimum Gasteiger partial charge on any atom is -0.482 e. The molecule has 0 amide bonds. The maximum atomic E-state index is 11.1. The van der Waals surface area contributed by atoms with Gasteiger partial charge in [0.05, 0.1) is 0 Å². The zero-order valence-corrected chi connectivity index (χ0v) is 8.12. The number of carbonyl (C=O) groups excluding carboxylic acids is 1. The molecule has 2 N–H and O–H groups in total. The number of anilines is 1. The number of ketones is 1. The lowest BCUT2D eigenvalue weighted by atomic mass is 10.00. The molecule has 1 aromatic carbocycles. The smallest absolute Gasteiger partial charge is 0.170 e. The first-order valence-electron chi connectivity index (χ1n) is 4.72. The minimum atomic E-state index is -0.272. The Hall–Kier alpha value is -1.51. The van der Waals surface area contributed by atoms with Crippen LogP contribution >= 0.6 is 0 Å². The van der Waals surface area contributed by atoms with Crippen molar-refractivity contribution in [2.24, 2.45) is 0 Å². The molecule has 1 aliphatic rings. The van der Waals surface area contributed by atoms with Gasteiger partial charge in [-0.25, -0.2) is 0 Å². The second kappa shape index (κ2) is 3.33. The van der Waals surface area contributed by atoms with Gasteiger partial charge in [-0.2, -0.15) is 0 Å². The lowest BCUT2D eigenvalue weighted by Gasteiger charge is -2.24. The first-order valence-corrected chi connectivity index (χ1v) is 4.72. The van der Waals surface area contributed by atoms with Crippen molar-refractivity contribution >= 4 is 11.5 Å². The average molecular weight is 191 g/mol. The number of hydrogen-bond donors (Lipinski definition) is 1. The third kappa shape index (κ3) is 1.58. The Kier molecular flexibility index (Phi) is 2.15. The molecule has 0 saturated carbocycles. The number of hydrogen-bond acceptors (Lipinski definition) is 3. The van der Waals surface area contributed by atoms with Gasteiger partial charge in [0.15, 0.2) is 11.9 Å². The van der Waals surface area contributed by atoms with Crippen LogP contribution < -0.4 is 10.5 Å². The van der Waals surface area contributed by atoms with Gasteiger partial charge in [-0.05, 0) is 43.5 Å². The number of fused-ring (bicyclic) bond motifs is 1. The molecule has 0 bridgehead atoms. The first kappa shape index (κ1) is 9.06. The van der Waals surface area contributed by atoms with Gasteiger partial charge >= 0.3 is 0 Å². The molecule has 0 radical (unpaired) electrons. The molecule has 1 aromatic rings. The summed E-state index contributed by atoms with van der Waals surface area (Å²) in [4.78, 5) is 11.1. The van der Waals surface area contributed by atoms with Crippen LogP contribution in [0, 0.1) is 0 Å². The predicted molar refractivity (Wildman–Crippen MR) is 54.3 cm³/mol. The van der Waals surface area contributed by atoms with Crippen LogP contribution in [0.2, 0.25) is 0 Å². The Bertz CT molecular complexity index is 374. The minimum absolute atomic E-state index is 0.0903. The van der Waals surface area contributed by atoms with Crippen molar-refractivity contribution in [3.05, 3.63) is 23.8 Å². The quantitative estimate of drug-likeness (QED) is 0.685. The monoisotopic (exact) mass is 191 g/mol. The van der Waals surface area contributed by atoms with Gasteiger partial charge in [0.1, 0.15) is 5.75 Å². The highest BCUT2D eigenvalue weighted by Crippen LogP contribution is 2.29. The molecule has 2 rings (SSSR count). The van der Waals surface area contributed by atoms with Crippen LogP contribution in [0.15, 0.2) is 18.2 Å². The van der Waals surface area contributed by atoms with E-state index in [0.29, 0.717) is 0 Å². The Morgan fingerprint density at radius 3 is 3.07 bits per heavy atom. The molecular formula is C11H13NO2. The summed E-state index contributed by atoms with van der Waals surface area (Å²) in [5, 5.41) is 0. The van der Waals surface area contributed by atoms with E-state index in [1.807, 2.05) is 12.1 Å². The molecule has 74 valence electrons. The zero-order valence-electron chi connectivity index (χ0n) is 8.12. The van der Waals surface area contributed by atoms with Gasteiger partial charge in [-0.15, -0.1) is 0 Å². The summed E-state index contributed by atoms with van der Waals surface area (Å²) >= 11 is 0. The number of benzene rings is 1. The molecule has 14 heavy (non-hydrogen) atoms. The normalized spacial score (nSPS) is 19.6. The molecule has 0 saturated heterocycles. The lowest BCUT2D eigenvalue weighted by Crippen LogP contribution is -2.29. The molecule has 1 aliphatic heterocycles. The number of rotatable bonds is 1. The fourth-order valence-corrected chi connectivity index (χ4v) is 1.69.